The second-order valence-electron chi connectivity index (χ2n) is 4.91. The zero-order chi connectivity index (χ0) is 13.4. The molecule has 18 heavy (non-hydrogen) atoms. The highest BCUT2D eigenvalue weighted by Crippen LogP contribution is 2.10. The van der Waals surface area contributed by atoms with Gasteiger partial charge in [0.15, 0.2) is 0 Å². The van der Waals surface area contributed by atoms with Gasteiger partial charge in [-0.3, -0.25) is 4.79 Å². The zero-order valence-electron chi connectivity index (χ0n) is 11.3. The van der Waals surface area contributed by atoms with Gasteiger partial charge in [0.05, 0.1) is 13.0 Å². The number of benzene rings is 1. The zero-order valence-corrected chi connectivity index (χ0v) is 11.3. The highest BCUT2D eigenvalue weighted by atomic mass is 16.5. The van der Waals surface area contributed by atoms with Gasteiger partial charge in [-0.05, 0) is 29.9 Å². The molecule has 0 unspecified atom stereocenters. The van der Waals surface area contributed by atoms with E-state index in [1.54, 1.807) is 0 Å². The smallest absolute Gasteiger partial charge is 0.310 e. The van der Waals surface area contributed by atoms with Crippen molar-refractivity contribution in [3.05, 3.63) is 35.4 Å². The lowest BCUT2D eigenvalue weighted by molar-refractivity contribution is -0.143. The normalized spacial score (nSPS) is 10.7. The second-order valence-corrected chi connectivity index (χ2v) is 4.91. The van der Waals surface area contributed by atoms with E-state index < -0.39 is 0 Å². The van der Waals surface area contributed by atoms with E-state index in [-0.39, 0.29) is 5.97 Å². The minimum absolute atomic E-state index is 0.167. The molecule has 0 aromatic heterocycles. The molecule has 0 radical (unpaired) electrons. The summed E-state index contributed by atoms with van der Waals surface area (Å²) >= 11 is 0. The monoisotopic (exact) mass is 249 g/mol. The standard InChI is InChI=1S/C15H23NO2/c1-12(2)6-5-9-18-15(17)10-13-7-3-4-8-14(13)11-16/h3-4,7-8,12H,5-6,9-11,16H2,1-2H3. The van der Waals surface area contributed by atoms with Crippen LogP contribution in [-0.4, -0.2) is 12.6 Å². The summed E-state index contributed by atoms with van der Waals surface area (Å²) in [6.45, 7) is 5.30. The third-order valence-electron chi connectivity index (χ3n) is 2.86. The second kappa shape index (κ2) is 7.88. The molecule has 0 aliphatic heterocycles. The molecule has 0 atom stereocenters. The van der Waals surface area contributed by atoms with Crippen molar-refractivity contribution in [2.24, 2.45) is 11.7 Å². The molecule has 100 valence electrons. The van der Waals surface area contributed by atoms with Crippen LogP contribution in [0.5, 0.6) is 0 Å². The molecule has 0 amide bonds. The van der Waals surface area contributed by atoms with Crippen LogP contribution in [0.1, 0.15) is 37.8 Å². The summed E-state index contributed by atoms with van der Waals surface area (Å²) in [5, 5.41) is 0. The first-order valence-corrected chi connectivity index (χ1v) is 6.56. The van der Waals surface area contributed by atoms with Crippen LogP contribution in [0.4, 0.5) is 0 Å². The number of nitrogens with two attached hydrogens (primary N) is 1. The van der Waals surface area contributed by atoms with Gasteiger partial charge in [-0.25, -0.2) is 0 Å². The van der Waals surface area contributed by atoms with Crippen LogP contribution in [0.2, 0.25) is 0 Å². The Hall–Kier alpha value is -1.35. The first kappa shape index (κ1) is 14.7. The predicted molar refractivity (Wildman–Crippen MR) is 73.1 cm³/mol. The third-order valence-corrected chi connectivity index (χ3v) is 2.86. The van der Waals surface area contributed by atoms with Gasteiger partial charge < -0.3 is 10.5 Å². The van der Waals surface area contributed by atoms with E-state index in [2.05, 4.69) is 13.8 Å². The van der Waals surface area contributed by atoms with Gasteiger partial charge in [-0.1, -0.05) is 38.1 Å². The summed E-state index contributed by atoms with van der Waals surface area (Å²) in [7, 11) is 0. The van der Waals surface area contributed by atoms with Crippen molar-refractivity contribution in [3.63, 3.8) is 0 Å². The van der Waals surface area contributed by atoms with Crippen molar-refractivity contribution in [1.29, 1.82) is 0 Å². The first-order valence-electron chi connectivity index (χ1n) is 6.56. The minimum atomic E-state index is -0.167. The fourth-order valence-corrected chi connectivity index (χ4v) is 1.81. The van der Waals surface area contributed by atoms with E-state index in [4.69, 9.17) is 10.5 Å². The first-order chi connectivity index (χ1) is 8.63. The van der Waals surface area contributed by atoms with E-state index in [0.717, 1.165) is 24.0 Å². The molecule has 1 aromatic rings. The van der Waals surface area contributed by atoms with Crippen LogP contribution in [0.3, 0.4) is 0 Å². The van der Waals surface area contributed by atoms with Crippen molar-refractivity contribution >= 4 is 5.97 Å². The summed E-state index contributed by atoms with van der Waals surface area (Å²) in [5.41, 5.74) is 7.61. The average molecular weight is 249 g/mol. The molecular weight excluding hydrogens is 226 g/mol. The molecule has 2 N–H and O–H groups in total. The van der Waals surface area contributed by atoms with Crippen molar-refractivity contribution in [3.8, 4) is 0 Å². The number of hydrogen-bond donors (Lipinski definition) is 1. The van der Waals surface area contributed by atoms with Crippen LogP contribution in [0.15, 0.2) is 24.3 Å². The van der Waals surface area contributed by atoms with Gasteiger partial charge in [0, 0.05) is 6.54 Å². The number of esters is 1. The maximum absolute atomic E-state index is 11.7. The maximum atomic E-state index is 11.7. The molecular formula is C15H23NO2. The summed E-state index contributed by atoms with van der Waals surface area (Å²) in [4.78, 5) is 11.7. The Balaban J connectivity index is 2.35. The summed E-state index contributed by atoms with van der Waals surface area (Å²) < 4.78 is 5.22. The summed E-state index contributed by atoms with van der Waals surface area (Å²) in [5.74, 6) is 0.487. The predicted octanol–water partition coefficient (Wildman–Crippen LogP) is 2.67. The van der Waals surface area contributed by atoms with Gasteiger partial charge in [0.1, 0.15) is 0 Å². The number of carbonyl (C=O) groups is 1. The molecule has 3 nitrogen and oxygen atoms in total. The molecule has 0 aliphatic carbocycles. The molecule has 1 rings (SSSR count). The van der Waals surface area contributed by atoms with Crippen molar-refractivity contribution in [1.82, 2.24) is 0 Å². The van der Waals surface area contributed by atoms with Crippen LogP contribution < -0.4 is 5.73 Å². The number of rotatable bonds is 7. The molecule has 0 aliphatic rings. The average Bonchev–Trinajstić information content (AvgIpc) is 2.35. The molecule has 0 spiro atoms. The number of carbonyl (C=O) groups excluding carboxylic acids is 1. The van der Waals surface area contributed by atoms with Gasteiger partial charge in [-0.15, -0.1) is 0 Å². The Morgan fingerprint density at radius 2 is 1.94 bits per heavy atom. The molecule has 0 saturated heterocycles. The summed E-state index contributed by atoms with van der Waals surface area (Å²) in [6.07, 6.45) is 2.34. The van der Waals surface area contributed by atoms with Crippen LogP contribution in [0.25, 0.3) is 0 Å². The minimum Gasteiger partial charge on any atom is -0.465 e. The topological polar surface area (TPSA) is 52.3 Å². The molecule has 1 aromatic carbocycles. The van der Waals surface area contributed by atoms with Crippen molar-refractivity contribution in [2.75, 3.05) is 6.61 Å². The lowest BCUT2D eigenvalue weighted by Gasteiger charge is -2.08. The van der Waals surface area contributed by atoms with E-state index in [9.17, 15) is 4.79 Å². The molecule has 0 saturated carbocycles. The Labute approximate surface area is 109 Å². The van der Waals surface area contributed by atoms with E-state index in [1.807, 2.05) is 24.3 Å². The van der Waals surface area contributed by atoms with Gasteiger partial charge in [0.25, 0.3) is 0 Å². The van der Waals surface area contributed by atoms with Gasteiger partial charge in [-0.2, -0.15) is 0 Å². The van der Waals surface area contributed by atoms with E-state index >= 15 is 0 Å². The Kier molecular flexibility index (Phi) is 6.44. The Morgan fingerprint density at radius 3 is 2.56 bits per heavy atom. The highest BCUT2D eigenvalue weighted by Gasteiger charge is 2.08. The quantitative estimate of drug-likeness (QED) is 0.597. The molecule has 3 heteroatoms. The van der Waals surface area contributed by atoms with E-state index in [0.29, 0.717) is 25.5 Å². The third kappa shape index (κ3) is 5.32. The molecule has 0 heterocycles. The van der Waals surface area contributed by atoms with Crippen LogP contribution in [0, 0.1) is 5.92 Å². The fourth-order valence-electron chi connectivity index (χ4n) is 1.81. The highest BCUT2D eigenvalue weighted by molar-refractivity contribution is 5.73. The van der Waals surface area contributed by atoms with Gasteiger partial charge in [0.2, 0.25) is 0 Å². The Bertz CT molecular complexity index is 375. The van der Waals surface area contributed by atoms with Gasteiger partial charge >= 0.3 is 5.97 Å². The fraction of sp³-hybridized carbons (Fsp3) is 0.533. The maximum Gasteiger partial charge on any atom is 0.310 e. The summed E-state index contributed by atoms with van der Waals surface area (Å²) in [6, 6.07) is 7.72. The van der Waals surface area contributed by atoms with Crippen molar-refractivity contribution < 1.29 is 9.53 Å². The largest absolute Gasteiger partial charge is 0.465 e. The van der Waals surface area contributed by atoms with E-state index in [1.165, 1.54) is 0 Å². The lowest BCUT2D eigenvalue weighted by atomic mass is 10.0. The van der Waals surface area contributed by atoms with Crippen molar-refractivity contribution in [2.45, 2.75) is 39.7 Å². The van der Waals surface area contributed by atoms with Crippen LogP contribution >= 0.6 is 0 Å². The number of ether oxygens (including phenoxy) is 1. The lowest BCUT2D eigenvalue weighted by Crippen LogP contribution is -2.12. The molecule has 0 fully saturated rings. The molecule has 0 bridgehead atoms. The number of hydrogen-bond acceptors (Lipinski definition) is 3. The Morgan fingerprint density at radius 1 is 1.28 bits per heavy atom. The van der Waals surface area contributed by atoms with Crippen LogP contribution in [-0.2, 0) is 22.5 Å². The SMILES string of the molecule is CC(C)CCCOC(=O)Cc1ccccc1CN.